The number of rotatable bonds is 8. The molecule has 0 radical (unpaired) electrons. The second-order valence-corrected chi connectivity index (χ2v) is 7.03. The van der Waals surface area contributed by atoms with Crippen molar-refractivity contribution in [3.63, 3.8) is 0 Å². The SMILES string of the molecule is CCN(CC)CCN1C(=O)C(=O)/C(=C(/O)c2ccc(OC)cc2)[C@@H]1c1ccncc1. The molecule has 1 aliphatic heterocycles. The third kappa shape index (κ3) is 4.21. The number of ether oxygens (including phenoxy) is 1. The van der Waals surface area contributed by atoms with E-state index in [0.717, 1.165) is 18.7 Å². The number of likely N-dealkylation sites (N-methyl/N-ethyl adjacent to an activating group) is 1. The molecule has 0 saturated carbocycles. The molecule has 1 fully saturated rings. The molecule has 2 heterocycles. The van der Waals surface area contributed by atoms with Crippen molar-refractivity contribution in [1.29, 1.82) is 0 Å². The fourth-order valence-corrected chi connectivity index (χ4v) is 3.70. The maximum Gasteiger partial charge on any atom is 0.295 e. The number of hydrogen-bond donors (Lipinski definition) is 1. The lowest BCUT2D eigenvalue weighted by Crippen LogP contribution is -2.38. The van der Waals surface area contributed by atoms with E-state index in [2.05, 4.69) is 23.7 Å². The number of likely N-dealkylation sites (tertiary alicyclic amines) is 1. The summed E-state index contributed by atoms with van der Waals surface area (Å²) in [6.45, 7) is 6.85. The van der Waals surface area contributed by atoms with Gasteiger partial charge in [0.25, 0.3) is 11.7 Å². The van der Waals surface area contributed by atoms with Gasteiger partial charge in [0.05, 0.1) is 18.7 Å². The second-order valence-electron chi connectivity index (χ2n) is 7.03. The van der Waals surface area contributed by atoms with Gasteiger partial charge in [-0.25, -0.2) is 0 Å². The van der Waals surface area contributed by atoms with Crippen LogP contribution in [-0.4, -0.2) is 64.9 Å². The molecule has 0 spiro atoms. The maximum absolute atomic E-state index is 13.0. The minimum absolute atomic E-state index is 0.0934. The largest absolute Gasteiger partial charge is 0.507 e. The molecule has 1 saturated heterocycles. The molecule has 30 heavy (non-hydrogen) atoms. The number of carbonyl (C=O) groups is 2. The van der Waals surface area contributed by atoms with Gasteiger partial charge < -0.3 is 19.6 Å². The molecular formula is C23H27N3O4. The Morgan fingerprint density at radius 2 is 1.73 bits per heavy atom. The van der Waals surface area contributed by atoms with Crippen LogP contribution >= 0.6 is 0 Å². The lowest BCUT2D eigenvalue weighted by molar-refractivity contribution is -0.140. The Hall–Kier alpha value is -3.19. The fourth-order valence-electron chi connectivity index (χ4n) is 3.70. The zero-order valence-corrected chi connectivity index (χ0v) is 17.5. The standard InChI is InChI=1S/C23H27N3O4/c1-4-25(5-2)14-15-26-20(16-10-12-24-13-11-16)19(22(28)23(26)29)21(27)17-6-8-18(30-3)9-7-17/h6-13,20,27H,4-5,14-15H2,1-3H3/b21-19+/t20-/m0/s1. The quantitative estimate of drug-likeness (QED) is 0.410. The van der Waals surface area contributed by atoms with E-state index in [1.165, 1.54) is 0 Å². The fraction of sp³-hybridized carbons (Fsp3) is 0.348. The molecule has 1 amide bonds. The number of ketones is 1. The number of pyridine rings is 1. The van der Waals surface area contributed by atoms with E-state index in [-0.39, 0.29) is 11.3 Å². The minimum atomic E-state index is -0.676. The molecule has 2 aromatic rings. The monoisotopic (exact) mass is 409 g/mol. The Bertz CT molecular complexity index is 921. The predicted molar refractivity (Wildman–Crippen MR) is 114 cm³/mol. The van der Waals surface area contributed by atoms with Crippen LogP contribution in [0.15, 0.2) is 54.4 Å². The molecule has 1 aromatic heterocycles. The first kappa shape index (κ1) is 21.5. The van der Waals surface area contributed by atoms with E-state index in [9.17, 15) is 14.7 Å². The average molecular weight is 409 g/mol. The summed E-state index contributed by atoms with van der Waals surface area (Å²) in [5, 5.41) is 11.0. The van der Waals surface area contributed by atoms with E-state index in [1.54, 1.807) is 60.8 Å². The Morgan fingerprint density at radius 1 is 1.10 bits per heavy atom. The van der Waals surface area contributed by atoms with E-state index in [0.29, 0.717) is 24.4 Å². The van der Waals surface area contributed by atoms with Crippen LogP contribution in [0.25, 0.3) is 5.76 Å². The summed E-state index contributed by atoms with van der Waals surface area (Å²) >= 11 is 0. The van der Waals surface area contributed by atoms with Gasteiger partial charge in [-0.05, 0) is 55.1 Å². The molecule has 158 valence electrons. The number of aromatic nitrogens is 1. The van der Waals surface area contributed by atoms with Gasteiger partial charge in [-0.3, -0.25) is 14.6 Å². The maximum atomic E-state index is 13.0. The Kier molecular flexibility index (Phi) is 6.84. The van der Waals surface area contributed by atoms with Crippen molar-refractivity contribution in [1.82, 2.24) is 14.8 Å². The minimum Gasteiger partial charge on any atom is -0.507 e. The van der Waals surface area contributed by atoms with E-state index < -0.39 is 17.7 Å². The normalized spacial score (nSPS) is 18.3. The lowest BCUT2D eigenvalue weighted by Gasteiger charge is -2.28. The van der Waals surface area contributed by atoms with Crippen molar-refractivity contribution in [2.45, 2.75) is 19.9 Å². The highest BCUT2D eigenvalue weighted by atomic mass is 16.5. The number of nitrogens with zero attached hydrogens (tertiary/aromatic N) is 3. The van der Waals surface area contributed by atoms with E-state index in [1.807, 2.05) is 0 Å². The highest BCUT2D eigenvalue weighted by molar-refractivity contribution is 6.46. The highest BCUT2D eigenvalue weighted by Crippen LogP contribution is 2.39. The van der Waals surface area contributed by atoms with Crippen molar-refractivity contribution in [3.8, 4) is 5.75 Å². The summed E-state index contributed by atoms with van der Waals surface area (Å²) in [5.74, 6) is -0.830. The predicted octanol–water partition coefficient (Wildman–Crippen LogP) is 2.85. The third-order valence-electron chi connectivity index (χ3n) is 5.48. The zero-order chi connectivity index (χ0) is 21.7. The first-order valence-electron chi connectivity index (χ1n) is 10.1. The van der Waals surface area contributed by atoms with Crippen molar-refractivity contribution in [2.75, 3.05) is 33.3 Å². The summed E-state index contributed by atoms with van der Waals surface area (Å²) < 4.78 is 5.16. The number of aliphatic hydroxyl groups excluding tert-OH is 1. The highest BCUT2D eigenvalue weighted by Gasteiger charge is 2.45. The number of carbonyl (C=O) groups excluding carboxylic acids is 2. The molecule has 0 bridgehead atoms. The number of amides is 1. The number of benzene rings is 1. The smallest absolute Gasteiger partial charge is 0.295 e. The van der Waals surface area contributed by atoms with Gasteiger partial charge in [0.15, 0.2) is 0 Å². The third-order valence-corrected chi connectivity index (χ3v) is 5.48. The Labute approximate surface area is 176 Å². The Balaban J connectivity index is 2.05. The number of hydrogen-bond acceptors (Lipinski definition) is 6. The van der Waals surface area contributed by atoms with Crippen LogP contribution in [0, 0.1) is 0 Å². The molecule has 1 atom stereocenters. The molecule has 0 aliphatic carbocycles. The van der Waals surface area contributed by atoms with Crippen LogP contribution < -0.4 is 4.74 Å². The molecule has 1 aliphatic rings. The average Bonchev–Trinajstić information content (AvgIpc) is 3.05. The summed E-state index contributed by atoms with van der Waals surface area (Å²) in [6.07, 6.45) is 3.24. The van der Waals surface area contributed by atoms with Crippen molar-refractivity contribution >= 4 is 17.4 Å². The van der Waals surface area contributed by atoms with Gasteiger partial charge in [0.2, 0.25) is 0 Å². The summed E-state index contributed by atoms with van der Waals surface area (Å²) in [6, 6.07) is 9.61. The number of aliphatic hydroxyl groups is 1. The summed E-state index contributed by atoms with van der Waals surface area (Å²) in [7, 11) is 1.56. The van der Waals surface area contributed by atoms with Crippen LogP contribution in [0.4, 0.5) is 0 Å². The first-order chi connectivity index (χ1) is 14.5. The van der Waals surface area contributed by atoms with Gasteiger partial charge >= 0.3 is 0 Å². The first-order valence-corrected chi connectivity index (χ1v) is 10.1. The van der Waals surface area contributed by atoms with Gasteiger partial charge in [0, 0.05) is 31.0 Å². The van der Waals surface area contributed by atoms with Gasteiger partial charge in [-0.2, -0.15) is 0 Å². The Morgan fingerprint density at radius 3 is 2.30 bits per heavy atom. The summed E-state index contributed by atoms with van der Waals surface area (Å²) in [4.78, 5) is 33.6. The van der Waals surface area contributed by atoms with Crippen LogP contribution in [0.2, 0.25) is 0 Å². The van der Waals surface area contributed by atoms with Gasteiger partial charge in [-0.15, -0.1) is 0 Å². The molecular weight excluding hydrogens is 382 g/mol. The van der Waals surface area contributed by atoms with Crippen molar-refractivity contribution in [3.05, 3.63) is 65.5 Å². The molecule has 7 heteroatoms. The molecule has 3 rings (SSSR count). The molecule has 0 unspecified atom stereocenters. The van der Waals surface area contributed by atoms with Gasteiger partial charge in [0.1, 0.15) is 11.5 Å². The number of methoxy groups -OCH3 is 1. The molecule has 1 aromatic carbocycles. The lowest BCUT2D eigenvalue weighted by atomic mass is 9.96. The van der Waals surface area contributed by atoms with Crippen molar-refractivity contribution < 1.29 is 19.4 Å². The van der Waals surface area contributed by atoms with Crippen molar-refractivity contribution in [2.24, 2.45) is 0 Å². The zero-order valence-electron chi connectivity index (χ0n) is 17.5. The van der Waals surface area contributed by atoms with Crippen LogP contribution in [0.5, 0.6) is 5.75 Å². The summed E-state index contributed by atoms with van der Waals surface area (Å²) in [5.41, 5.74) is 1.28. The van der Waals surface area contributed by atoms with E-state index >= 15 is 0 Å². The van der Waals surface area contributed by atoms with Crippen LogP contribution in [0.1, 0.15) is 31.0 Å². The number of Topliss-reactive ketones (excluding diaryl/α,β-unsaturated/α-hetero) is 1. The molecule has 1 N–H and O–H groups in total. The van der Waals surface area contributed by atoms with E-state index in [4.69, 9.17) is 4.74 Å². The van der Waals surface area contributed by atoms with Crippen LogP contribution in [0.3, 0.4) is 0 Å². The second kappa shape index (κ2) is 9.54. The topological polar surface area (TPSA) is 83.0 Å². The molecule has 7 nitrogen and oxygen atoms in total. The van der Waals surface area contributed by atoms with Crippen LogP contribution in [-0.2, 0) is 9.59 Å². The van der Waals surface area contributed by atoms with Gasteiger partial charge in [-0.1, -0.05) is 13.8 Å².